The van der Waals surface area contributed by atoms with Crippen LogP contribution in [-0.4, -0.2) is 87.3 Å². The standard InChI is InChI=1S/C31H38FN7O3/c32-27-3-4-28-24(10-17-42-28)26(27)19-34-31-33-18-25(29-36-35-20-39(29)31)21-2-1-11-38(14-5-21)30(40)22-6-12-37(13-7-22)23-8-15-41-16-9-23/h2-4,18,20,22-23H,1,5-17,19H2,(H,33,34). The van der Waals surface area contributed by atoms with Gasteiger partial charge in [-0.3, -0.25) is 9.20 Å². The van der Waals surface area contributed by atoms with E-state index in [0.717, 1.165) is 93.8 Å². The van der Waals surface area contributed by atoms with E-state index in [0.29, 0.717) is 48.7 Å². The highest BCUT2D eigenvalue weighted by atomic mass is 19.1. The molecule has 0 saturated carbocycles. The minimum atomic E-state index is -0.254. The second-order valence-electron chi connectivity index (χ2n) is 11.7. The number of anilines is 1. The van der Waals surface area contributed by atoms with Crippen molar-refractivity contribution >= 4 is 23.1 Å². The zero-order valence-electron chi connectivity index (χ0n) is 23.9. The van der Waals surface area contributed by atoms with E-state index in [1.54, 1.807) is 12.4 Å². The molecule has 6 heterocycles. The zero-order valence-corrected chi connectivity index (χ0v) is 23.9. The fourth-order valence-electron chi connectivity index (χ4n) is 7.00. The van der Waals surface area contributed by atoms with Gasteiger partial charge in [-0.25, -0.2) is 9.37 Å². The number of nitrogens with one attached hydrogen (secondary N) is 1. The first-order chi connectivity index (χ1) is 20.7. The summed E-state index contributed by atoms with van der Waals surface area (Å²) in [5, 5.41) is 11.8. The van der Waals surface area contributed by atoms with Gasteiger partial charge in [0.05, 0.1) is 6.61 Å². The third-order valence-electron chi connectivity index (χ3n) is 9.38. The highest BCUT2D eigenvalue weighted by molar-refractivity contribution is 5.81. The predicted octanol–water partition coefficient (Wildman–Crippen LogP) is 3.71. The summed E-state index contributed by atoms with van der Waals surface area (Å²) in [5.74, 6) is 1.45. The largest absolute Gasteiger partial charge is 0.493 e. The molecule has 1 N–H and O–H groups in total. The van der Waals surface area contributed by atoms with Crippen molar-refractivity contribution in [1.29, 1.82) is 0 Å². The summed E-state index contributed by atoms with van der Waals surface area (Å²) < 4.78 is 27.6. The van der Waals surface area contributed by atoms with Gasteiger partial charge in [0.15, 0.2) is 5.65 Å². The molecule has 2 fully saturated rings. The average molecular weight is 576 g/mol. The minimum absolute atomic E-state index is 0.111. The number of benzene rings is 1. The molecule has 10 nitrogen and oxygen atoms in total. The second kappa shape index (κ2) is 12.0. The molecule has 42 heavy (non-hydrogen) atoms. The van der Waals surface area contributed by atoms with E-state index in [1.165, 1.54) is 6.07 Å². The molecule has 0 radical (unpaired) electrons. The minimum Gasteiger partial charge on any atom is -0.493 e. The van der Waals surface area contributed by atoms with E-state index in [2.05, 4.69) is 36.4 Å². The lowest BCUT2D eigenvalue weighted by Crippen LogP contribution is -2.47. The van der Waals surface area contributed by atoms with Gasteiger partial charge >= 0.3 is 0 Å². The summed E-state index contributed by atoms with van der Waals surface area (Å²) in [5.41, 5.74) is 4.24. The number of carbonyl (C=O) groups is 1. The maximum atomic E-state index is 14.7. The Morgan fingerprint density at radius 3 is 2.76 bits per heavy atom. The number of nitrogens with zero attached hydrogens (tertiary/aromatic N) is 6. The Labute approximate surface area is 244 Å². The number of carbonyl (C=O) groups excluding carboxylic acids is 1. The lowest BCUT2D eigenvalue weighted by molar-refractivity contribution is -0.137. The maximum absolute atomic E-state index is 14.7. The van der Waals surface area contributed by atoms with E-state index < -0.39 is 0 Å². The Balaban J connectivity index is 0.992. The number of aromatic nitrogens is 4. The number of halogens is 1. The van der Waals surface area contributed by atoms with Gasteiger partial charge in [0.1, 0.15) is 17.9 Å². The Bertz CT molecular complexity index is 1480. The summed E-state index contributed by atoms with van der Waals surface area (Å²) in [6.45, 7) is 5.99. The van der Waals surface area contributed by atoms with Crippen molar-refractivity contribution in [3.05, 3.63) is 53.2 Å². The number of amides is 1. The molecule has 0 unspecified atom stereocenters. The number of ether oxygens (including phenoxy) is 2. The molecule has 0 aliphatic carbocycles. The average Bonchev–Trinajstić information content (AvgIpc) is 3.66. The van der Waals surface area contributed by atoms with E-state index in [1.807, 2.05) is 10.6 Å². The van der Waals surface area contributed by atoms with Crippen molar-refractivity contribution in [2.45, 2.75) is 57.5 Å². The van der Waals surface area contributed by atoms with Crippen LogP contribution in [0, 0.1) is 11.7 Å². The lowest BCUT2D eigenvalue weighted by atomic mass is 9.93. The fraction of sp³-hybridized carbons (Fsp3) is 0.548. The molecular formula is C31H38FN7O3. The van der Waals surface area contributed by atoms with E-state index in [4.69, 9.17) is 9.47 Å². The molecule has 1 aromatic carbocycles. The molecule has 2 aromatic heterocycles. The van der Waals surface area contributed by atoms with Crippen molar-refractivity contribution in [3.63, 3.8) is 0 Å². The molecule has 11 heteroatoms. The van der Waals surface area contributed by atoms with Gasteiger partial charge in [-0.15, -0.1) is 10.2 Å². The van der Waals surface area contributed by atoms with Crippen LogP contribution in [0.4, 0.5) is 10.3 Å². The molecular weight excluding hydrogens is 537 g/mol. The smallest absolute Gasteiger partial charge is 0.225 e. The number of rotatable bonds is 6. The quantitative estimate of drug-likeness (QED) is 0.475. The lowest BCUT2D eigenvalue weighted by Gasteiger charge is -2.39. The van der Waals surface area contributed by atoms with Crippen LogP contribution in [-0.2, 0) is 22.5 Å². The topological polar surface area (TPSA) is 97.1 Å². The molecule has 1 amide bonds. The van der Waals surface area contributed by atoms with Crippen LogP contribution in [0.25, 0.3) is 11.2 Å². The first-order valence-electron chi connectivity index (χ1n) is 15.3. The summed E-state index contributed by atoms with van der Waals surface area (Å²) in [6.07, 6.45) is 12.0. The molecule has 0 bridgehead atoms. The third kappa shape index (κ3) is 5.35. The van der Waals surface area contributed by atoms with Crippen LogP contribution in [0.5, 0.6) is 5.75 Å². The number of piperidine rings is 1. The monoisotopic (exact) mass is 575 g/mol. The van der Waals surface area contributed by atoms with Crippen molar-refractivity contribution in [2.24, 2.45) is 5.92 Å². The molecule has 0 spiro atoms. The Kier molecular flexibility index (Phi) is 7.77. The summed E-state index contributed by atoms with van der Waals surface area (Å²) in [7, 11) is 0. The van der Waals surface area contributed by atoms with Crippen LogP contribution in [0.3, 0.4) is 0 Å². The number of fused-ring (bicyclic) bond motifs is 2. The van der Waals surface area contributed by atoms with E-state index in [-0.39, 0.29) is 18.3 Å². The van der Waals surface area contributed by atoms with Gasteiger partial charge in [-0.1, -0.05) is 6.08 Å². The van der Waals surface area contributed by atoms with Crippen molar-refractivity contribution in [3.8, 4) is 5.75 Å². The van der Waals surface area contributed by atoms with Crippen LogP contribution in [0.2, 0.25) is 0 Å². The van der Waals surface area contributed by atoms with Crippen molar-refractivity contribution in [1.82, 2.24) is 29.4 Å². The highest BCUT2D eigenvalue weighted by Crippen LogP contribution is 2.32. The van der Waals surface area contributed by atoms with Crippen LogP contribution in [0.15, 0.2) is 30.7 Å². The molecule has 3 aromatic rings. The van der Waals surface area contributed by atoms with Gasteiger partial charge in [0.25, 0.3) is 0 Å². The summed E-state index contributed by atoms with van der Waals surface area (Å²) >= 11 is 0. The molecule has 2 saturated heterocycles. The summed E-state index contributed by atoms with van der Waals surface area (Å²) in [6, 6.07) is 3.76. The number of likely N-dealkylation sites (tertiary alicyclic amines) is 1. The molecule has 0 atom stereocenters. The van der Waals surface area contributed by atoms with Crippen LogP contribution in [0.1, 0.15) is 55.2 Å². The molecule has 4 aliphatic rings. The van der Waals surface area contributed by atoms with Gasteiger partial charge in [0.2, 0.25) is 11.9 Å². The summed E-state index contributed by atoms with van der Waals surface area (Å²) in [4.78, 5) is 22.8. The molecule has 222 valence electrons. The molecule has 4 aliphatic heterocycles. The Morgan fingerprint density at radius 2 is 1.90 bits per heavy atom. The SMILES string of the molecule is O=C(C1CCN(C2CCOCC2)CC1)N1CCC=C(c2cnc(NCc3c(F)ccc4c3CCO4)n3cnnc23)CC1. The van der Waals surface area contributed by atoms with Gasteiger partial charge in [-0.2, -0.15) is 0 Å². The first kappa shape index (κ1) is 27.3. The van der Waals surface area contributed by atoms with Crippen molar-refractivity contribution in [2.75, 3.05) is 51.3 Å². The maximum Gasteiger partial charge on any atom is 0.225 e. The number of hydrogen-bond donors (Lipinski definition) is 1. The predicted molar refractivity (Wildman–Crippen MR) is 156 cm³/mol. The highest BCUT2D eigenvalue weighted by Gasteiger charge is 2.32. The first-order valence-corrected chi connectivity index (χ1v) is 15.3. The van der Waals surface area contributed by atoms with Crippen LogP contribution >= 0.6 is 0 Å². The van der Waals surface area contributed by atoms with Gasteiger partial charge < -0.3 is 24.6 Å². The normalized spacial score (nSPS) is 20.7. The van der Waals surface area contributed by atoms with E-state index >= 15 is 0 Å². The van der Waals surface area contributed by atoms with Crippen LogP contribution < -0.4 is 10.1 Å². The van der Waals surface area contributed by atoms with E-state index in [9.17, 15) is 9.18 Å². The van der Waals surface area contributed by atoms with Gasteiger partial charge in [-0.05, 0) is 69.3 Å². The second-order valence-corrected chi connectivity index (χ2v) is 11.7. The van der Waals surface area contributed by atoms with Gasteiger partial charge in [0, 0.05) is 74.1 Å². The number of hydrogen-bond acceptors (Lipinski definition) is 8. The fourth-order valence-corrected chi connectivity index (χ4v) is 7.00. The molecule has 7 rings (SSSR count). The zero-order chi connectivity index (χ0) is 28.5. The Morgan fingerprint density at radius 1 is 1.05 bits per heavy atom. The van der Waals surface area contributed by atoms with Crippen molar-refractivity contribution < 1.29 is 18.7 Å². The Hall–Kier alpha value is -3.57. The third-order valence-corrected chi connectivity index (χ3v) is 9.38.